The summed E-state index contributed by atoms with van der Waals surface area (Å²) in [5.74, 6) is 0. The minimum Gasteiger partial charge on any atom is -0.254 e. The van der Waals surface area contributed by atoms with Crippen molar-refractivity contribution >= 4 is 64.9 Å². The van der Waals surface area contributed by atoms with Gasteiger partial charge in [0.1, 0.15) is 0 Å². The van der Waals surface area contributed by atoms with Crippen LogP contribution >= 0.6 is 0 Å². The number of fused-ring (bicyclic) bond motifs is 10. The average molecular weight is 533 g/mol. The Morgan fingerprint density at radius 2 is 0.810 bits per heavy atom. The zero-order chi connectivity index (χ0) is 27.6. The van der Waals surface area contributed by atoms with Crippen molar-refractivity contribution in [3.8, 4) is 22.3 Å². The predicted octanol–water partition coefficient (Wildman–Crippen LogP) is 10.7. The quantitative estimate of drug-likeness (QED) is 0.207. The molecular weight excluding hydrogens is 508 g/mol. The van der Waals surface area contributed by atoms with Crippen LogP contribution in [-0.4, -0.2) is 9.97 Å². The van der Waals surface area contributed by atoms with E-state index in [0.717, 1.165) is 32.9 Å². The standard InChI is InChI=1S/C40H24N2/c1-2-9-35-33(7-1)34-8-3-4-10-36(34)38-23-30(17-18-37(35)38)28-13-12-27-21-29(15-14-26(27)20-28)32-22-31-16-11-25-6-5-19-41-39(25)40(31)42-24-32/h1-24H. The van der Waals surface area contributed by atoms with Crippen LogP contribution in [-0.2, 0) is 0 Å². The van der Waals surface area contributed by atoms with E-state index in [1.54, 1.807) is 0 Å². The fourth-order valence-corrected chi connectivity index (χ4v) is 6.59. The number of nitrogens with zero attached hydrogens (tertiary/aromatic N) is 2. The monoisotopic (exact) mass is 532 g/mol. The van der Waals surface area contributed by atoms with Crippen molar-refractivity contribution in [2.24, 2.45) is 0 Å². The molecule has 0 N–H and O–H groups in total. The molecular formula is C40H24N2. The van der Waals surface area contributed by atoms with Gasteiger partial charge in [-0.1, -0.05) is 103 Å². The Kier molecular flexibility index (Phi) is 4.93. The molecule has 9 aromatic rings. The molecule has 0 bridgehead atoms. The van der Waals surface area contributed by atoms with E-state index < -0.39 is 0 Å². The van der Waals surface area contributed by atoms with Gasteiger partial charge in [0.2, 0.25) is 0 Å². The second kappa shape index (κ2) is 8.95. The van der Waals surface area contributed by atoms with Crippen LogP contribution in [0.1, 0.15) is 0 Å². The number of aromatic nitrogens is 2. The van der Waals surface area contributed by atoms with E-state index in [-0.39, 0.29) is 0 Å². The second-order valence-corrected chi connectivity index (χ2v) is 11.1. The summed E-state index contributed by atoms with van der Waals surface area (Å²) in [5.41, 5.74) is 6.61. The van der Waals surface area contributed by atoms with E-state index in [1.165, 1.54) is 54.2 Å². The van der Waals surface area contributed by atoms with E-state index in [2.05, 4.69) is 132 Å². The van der Waals surface area contributed by atoms with Crippen molar-refractivity contribution in [3.63, 3.8) is 0 Å². The highest BCUT2D eigenvalue weighted by Gasteiger charge is 2.11. The van der Waals surface area contributed by atoms with E-state index in [0.29, 0.717) is 0 Å². The van der Waals surface area contributed by atoms with Crippen LogP contribution in [0, 0.1) is 0 Å². The van der Waals surface area contributed by atoms with Crippen LogP contribution in [0.25, 0.3) is 87.1 Å². The Morgan fingerprint density at radius 1 is 0.310 bits per heavy atom. The lowest BCUT2D eigenvalue weighted by Crippen LogP contribution is -1.87. The molecule has 0 amide bonds. The van der Waals surface area contributed by atoms with Crippen molar-refractivity contribution in [3.05, 3.63) is 146 Å². The van der Waals surface area contributed by atoms with Crippen molar-refractivity contribution in [1.29, 1.82) is 0 Å². The summed E-state index contributed by atoms with van der Waals surface area (Å²) in [5, 5.41) is 12.5. The van der Waals surface area contributed by atoms with Crippen LogP contribution in [0.4, 0.5) is 0 Å². The molecule has 2 nitrogen and oxygen atoms in total. The molecule has 0 fully saturated rings. The Morgan fingerprint density at radius 3 is 1.52 bits per heavy atom. The van der Waals surface area contributed by atoms with Crippen LogP contribution in [0.2, 0.25) is 0 Å². The molecule has 194 valence electrons. The summed E-state index contributed by atoms with van der Waals surface area (Å²) >= 11 is 0. The first-order valence-electron chi connectivity index (χ1n) is 14.3. The number of hydrogen-bond donors (Lipinski definition) is 0. The summed E-state index contributed by atoms with van der Waals surface area (Å²) in [4.78, 5) is 9.39. The summed E-state index contributed by atoms with van der Waals surface area (Å²) in [6.45, 7) is 0. The van der Waals surface area contributed by atoms with Crippen molar-refractivity contribution < 1.29 is 0 Å². The van der Waals surface area contributed by atoms with E-state index in [1.807, 2.05) is 18.5 Å². The smallest absolute Gasteiger partial charge is 0.0964 e. The Bertz CT molecular complexity index is 2490. The first-order valence-corrected chi connectivity index (χ1v) is 14.3. The van der Waals surface area contributed by atoms with E-state index >= 15 is 0 Å². The second-order valence-electron chi connectivity index (χ2n) is 11.1. The summed E-state index contributed by atoms with van der Waals surface area (Å²) in [6.07, 6.45) is 3.80. The van der Waals surface area contributed by atoms with Gasteiger partial charge in [-0.25, -0.2) is 0 Å². The molecule has 2 aromatic heterocycles. The van der Waals surface area contributed by atoms with Crippen molar-refractivity contribution in [2.75, 3.05) is 0 Å². The van der Waals surface area contributed by atoms with Gasteiger partial charge in [-0.05, 0) is 90.1 Å². The lowest BCUT2D eigenvalue weighted by molar-refractivity contribution is 1.37. The Hall–Kier alpha value is -5.60. The molecule has 2 heteroatoms. The molecule has 0 aliphatic rings. The van der Waals surface area contributed by atoms with Gasteiger partial charge >= 0.3 is 0 Å². The van der Waals surface area contributed by atoms with Gasteiger partial charge in [0, 0.05) is 28.7 Å². The van der Waals surface area contributed by atoms with Gasteiger partial charge in [0.05, 0.1) is 11.0 Å². The fraction of sp³-hybridized carbons (Fsp3) is 0. The highest BCUT2D eigenvalue weighted by Crippen LogP contribution is 2.38. The van der Waals surface area contributed by atoms with E-state index in [4.69, 9.17) is 4.98 Å². The van der Waals surface area contributed by atoms with Crippen LogP contribution in [0.5, 0.6) is 0 Å². The maximum Gasteiger partial charge on any atom is 0.0964 e. The summed E-state index contributed by atoms with van der Waals surface area (Å²) in [7, 11) is 0. The SMILES string of the molecule is c1cnc2c(c1)ccc1cc(-c3ccc4cc(-c5ccc6c7ccccc7c7ccccc7c6c5)ccc4c3)cnc12. The highest BCUT2D eigenvalue weighted by atomic mass is 14.7. The molecule has 0 radical (unpaired) electrons. The third-order valence-electron chi connectivity index (χ3n) is 8.67. The molecule has 0 unspecified atom stereocenters. The van der Waals surface area contributed by atoms with Crippen molar-refractivity contribution in [2.45, 2.75) is 0 Å². The van der Waals surface area contributed by atoms with Crippen LogP contribution < -0.4 is 0 Å². The number of hydrogen-bond acceptors (Lipinski definition) is 2. The van der Waals surface area contributed by atoms with Crippen LogP contribution in [0.3, 0.4) is 0 Å². The molecule has 0 aliphatic heterocycles. The van der Waals surface area contributed by atoms with E-state index in [9.17, 15) is 0 Å². The number of pyridine rings is 2. The molecule has 9 rings (SSSR count). The lowest BCUT2D eigenvalue weighted by atomic mass is 9.91. The molecule has 2 heterocycles. The zero-order valence-electron chi connectivity index (χ0n) is 22.8. The first-order chi connectivity index (χ1) is 20.8. The topological polar surface area (TPSA) is 25.8 Å². The fourth-order valence-electron chi connectivity index (χ4n) is 6.59. The molecule has 42 heavy (non-hydrogen) atoms. The van der Waals surface area contributed by atoms with Crippen molar-refractivity contribution in [1.82, 2.24) is 9.97 Å². The largest absolute Gasteiger partial charge is 0.254 e. The molecule has 0 aliphatic carbocycles. The summed E-state index contributed by atoms with van der Waals surface area (Å²) in [6, 6.07) is 48.4. The Balaban J connectivity index is 1.14. The molecule has 7 aromatic carbocycles. The number of rotatable bonds is 2. The minimum atomic E-state index is 0.943. The van der Waals surface area contributed by atoms with Gasteiger partial charge in [-0.2, -0.15) is 0 Å². The van der Waals surface area contributed by atoms with Gasteiger partial charge in [0.15, 0.2) is 0 Å². The predicted molar refractivity (Wildman–Crippen MR) is 178 cm³/mol. The lowest BCUT2D eigenvalue weighted by Gasteiger charge is -2.12. The minimum absolute atomic E-state index is 0.943. The molecule has 0 spiro atoms. The maximum absolute atomic E-state index is 4.82. The maximum atomic E-state index is 4.82. The third-order valence-corrected chi connectivity index (χ3v) is 8.67. The molecule has 0 saturated carbocycles. The normalized spacial score (nSPS) is 11.8. The summed E-state index contributed by atoms with van der Waals surface area (Å²) < 4.78 is 0. The molecule has 0 saturated heterocycles. The van der Waals surface area contributed by atoms with Crippen LogP contribution in [0.15, 0.2) is 146 Å². The van der Waals surface area contributed by atoms with Gasteiger partial charge in [0.25, 0.3) is 0 Å². The molecule has 0 atom stereocenters. The number of benzene rings is 7. The Labute approximate surface area is 242 Å². The van der Waals surface area contributed by atoms with Gasteiger partial charge < -0.3 is 0 Å². The highest BCUT2D eigenvalue weighted by molar-refractivity contribution is 6.25. The average Bonchev–Trinajstić information content (AvgIpc) is 3.07. The van der Waals surface area contributed by atoms with Gasteiger partial charge in [-0.15, -0.1) is 0 Å². The zero-order valence-corrected chi connectivity index (χ0v) is 22.8. The van der Waals surface area contributed by atoms with Gasteiger partial charge in [-0.3, -0.25) is 9.97 Å². The first kappa shape index (κ1) is 23.1. The third kappa shape index (κ3) is 3.52.